The molecule has 4 heteroatoms. The smallest absolute Gasteiger partial charge is 0.0348 e. The zero-order chi connectivity index (χ0) is 11.3. The van der Waals surface area contributed by atoms with Crippen molar-refractivity contribution < 1.29 is 0 Å². The van der Waals surface area contributed by atoms with Crippen LogP contribution in [0.25, 0.3) is 6.08 Å². The molecule has 0 spiro atoms. The van der Waals surface area contributed by atoms with E-state index in [-0.39, 0.29) is 0 Å². The van der Waals surface area contributed by atoms with E-state index in [2.05, 4.69) is 46.7 Å². The van der Waals surface area contributed by atoms with Crippen molar-refractivity contribution in [2.45, 2.75) is 9.79 Å². The van der Waals surface area contributed by atoms with Crippen molar-refractivity contribution in [1.82, 2.24) is 0 Å². The minimum atomic E-state index is 0.580. The van der Waals surface area contributed by atoms with Gasteiger partial charge in [0.1, 0.15) is 0 Å². The summed E-state index contributed by atoms with van der Waals surface area (Å²) in [4.78, 5) is 2.60. The standard InChI is InChI=1S/C11H14BrNS2/c1-14-10-7-8(4-3-5-13)6-9(12)11(10)15-2/h3-4,6-7H,5,13H2,1-2H3/b4-3+. The van der Waals surface area contributed by atoms with Crippen LogP contribution in [-0.4, -0.2) is 19.1 Å². The Bertz CT molecular complexity index is 364. The van der Waals surface area contributed by atoms with Crippen molar-refractivity contribution in [3.8, 4) is 0 Å². The van der Waals surface area contributed by atoms with E-state index in [0.29, 0.717) is 6.54 Å². The van der Waals surface area contributed by atoms with Crippen molar-refractivity contribution in [1.29, 1.82) is 0 Å². The van der Waals surface area contributed by atoms with Crippen molar-refractivity contribution in [3.05, 3.63) is 28.2 Å². The average Bonchev–Trinajstić information content (AvgIpc) is 2.25. The lowest BCUT2D eigenvalue weighted by atomic mass is 10.2. The van der Waals surface area contributed by atoms with Crippen LogP contribution in [0.2, 0.25) is 0 Å². The highest BCUT2D eigenvalue weighted by atomic mass is 79.9. The van der Waals surface area contributed by atoms with E-state index in [4.69, 9.17) is 5.73 Å². The molecule has 0 heterocycles. The summed E-state index contributed by atoms with van der Waals surface area (Å²) < 4.78 is 1.15. The van der Waals surface area contributed by atoms with Gasteiger partial charge in [-0.2, -0.15) is 0 Å². The summed E-state index contributed by atoms with van der Waals surface area (Å²) in [6.45, 7) is 0.580. The van der Waals surface area contributed by atoms with Gasteiger partial charge in [0.25, 0.3) is 0 Å². The molecule has 1 aromatic rings. The minimum absolute atomic E-state index is 0.580. The molecule has 0 aliphatic heterocycles. The SMILES string of the molecule is CSc1cc(/C=C/CN)cc(Br)c1SC. The molecule has 0 fully saturated rings. The van der Waals surface area contributed by atoms with Gasteiger partial charge >= 0.3 is 0 Å². The molecular formula is C11H14BrNS2. The van der Waals surface area contributed by atoms with E-state index in [1.165, 1.54) is 15.4 Å². The zero-order valence-electron chi connectivity index (χ0n) is 8.79. The number of hydrogen-bond acceptors (Lipinski definition) is 3. The van der Waals surface area contributed by atoms with Gasteiger partial charge < -0.3 is 5.73 Å². The second-order valence-corrected chi connectivity index (χ2v) is 5.40. The molecule has 0 bridgehead atoms. The molecule has 15 heavy (non-hydrogen) atoms. The van der Waals surface area contributed by atoms with E-state index in [1.54, 1.807) is 23.5 Å². The van der Waals surface area contributed by atoms with Gasteiger partial charge in [-0.1, -0.05) is 12.2 Å². The van der Waals surface area contributed by atoms with Crippen LogP contribution in [0.3, 0.4) is 0 Å². The van der Waals surface area contributed by atoms with Crippen molar-refractivity contribution in [2.24, 2.45) is 5.73 Å². The summed E-state index contributed by atoms with van der Waals surface area (Å²) in [5, 5.41) is 0. The number of rotatable bonds is 4. The lowest BCUT2D eigenvalue weighted by molar-refractivity contribution is 1.21. The predicted octanol–water partition coefficient (Wildman–Crippen LogP) is 3.86. The van der Waals surface area contributed by atoms with Gasteiger partial charge in [0.2, 0.25) is 0 Å². The van der Waals surface area contributed by atoms with Gasteiger partial charge in [-0.15, -0.1) is 23.5 Å². The van der Waals surface area contributed by atoms with Crippen LogP contribution >= 0.6 is 39.5 Å². The highest BCUT2D eigenvalue weighted by molar-refractivity contribution is 9.10. The molecule has 0 saturated carbocycles. The van der Waals surface area contributed by atoms with Gasteiger partial charge in [-0.05, 0) is 46.1 Å². The first-order chi connectivity index (χ1) is 7.22. The van der Waals surface area contributed by atoms with Crippen LogP contribution in [0.5, 0.6) is 0 Å². The maximum absolute atomic E-state index is 5.43. The fourth-order valence-electron chi connectivity index (χ4n) is 1.24. The molecule has 0 amide bonds. The lowest BCUT2D eigenvalue weighted by Gasteiger charge is -2.08. The molecule has 1 rings (SSSR count). The predicted molar refractivity (Wildman–Crippen MR) is 75.8 cm³/mol. The summed E-state index contributed by atoms with van der Waals surface area (Å²) in [6, 6.07) is 4.31. The molecule has 0 unspecified atom stereocenters. The zero-order valence-corrected chi connectivity index (χ0v) is 12.0. The fraction of sp³-hybridized carbons (Fsp3) is 0.273. The Labute approximate surface area is 108 Å². The Morgan fingerprint density at radius 1 is 1.33 bits per heavy atom. The largest absolute Gasteiger partial charge is 0.327 e. The second kappa shape index (κ2) is 6.63. The molecule has 82 valence electrons. The van der Waals surface area contributed by atoms with E-state index < -0.39 is 0 Å². The molecule has 0 saturated heterocycles. The van der Waals surface area contributed by atoms with E-state index in [0.717, 1.165) is 4.47 Å². The number of halogens is 1. The van der Waals surface area contributed by atoms with Crippen LogP contribution in [0.1, 0.15) is 5.56 Å². The van der Waals surface area contributed by atoms with Gasteiger partial charge in [0.15, 0.2) is 0 Å². The van der Waals surface area contributed by atoms with E-state index >= 15 is 0 Å². The molecule has 0 atom stereocenters. The molecule has 1 aromatic carbocycles. The minimum Gasteiger partial charge on any atom is -0.327 e. The molecule has 0 aliphatic carbocycles. The molecule has 0 aromatic heterocycles. The Morgan fingerprint density at radius 3 is 2.60 bits per heavy atom. The van der Waals surface area contributed by atoms with Gasteiger partial charge in [0.05, 0.1) is 0 Å². The maximum atomic E-state index is 5.43. The summed E-state index contributed by atoms with van der Waals surface area (Å²) in [5.41, 5.74) is 6.62. The van der Waals surface area contributed by atoms with Gasteiger partial charge in [-0.3, -0.25) is 0 Å². The normalized spacial score (nSPS) is 11.2. The molecule has 2 N–H and O–H groups in total. The summed E-state index contributed by atoms with van der Waals surface area (Å²) in [5.74, 6) is 0. The average molecular weight is 304 g/mol. The first-order valence-electron chi connectivity index (χ1n) is 4.51. The van der Waals surface area contributed by atoms with Crippen LogP contribution in [0.4, 0.5) is 0 Å². The van der Waals surface area contributed by atoms with Crippen molar-refractivity contribution in [2.75, 3.05) is 19.1 Å². The first kappa shape index (κ1) is 13.2. The third kappa shape index (κ3) is 3.55. The topological polar surface area (TPSA) is 26.0 Å². The molecule has 1 nitrogen and oxygen atoms in total. The Balaban J connectivity index is 3.13. The highest BCUT2D eigenvalue weighted by Gasteiger charge is 2.06. The van der Waals surface area contributed by atoms with E-state index in [9.17, 15) is 0 Å². The number of nitrogens with two attached hydrogens (primary N) is 1. The van der Waals surface area contributed by atoms with Crippen LogP contribution < -0.4 is 5.73 Å². The number of benzene rings is 1. The third-order valence-electron chi connectivity index (χ3n) is 1.90. The Hall–Kier alpha value is 0.1000. The quantitative estimate of drug-likeness (QED) is 0.855. The number of hydrogen-bond donors (Lipinski definition) is 1. The molecule has 0 radical (unpaired) electrons. The van der Waals surface area contributed by atoms with Gasteiger partial charge in [0, 0.05) is 20.8 Å². The molecule has 0 aliphatic rings. The first-order valence-corrected chi connectivity index (χ1v) is 7.75. The summed E-state index contributed by atoms with van der Waals surface area (Å²) in [7, 11) is 0. The van der Waals surface area contributed by atoms with Gasteiger partial charge in [-0.25, -0.2) is 0 Å². The second-order valence-electron chi connectivity index (χ2n) is 2.88. The molecular weight excluding hydrogens is 290 g/mol. The van der Waals surface area contributed by atoms with E-state index in [1.807, 2.05) is 6.08 Å². The van der Waals surface area contributed by atoms with Crippen molar-refractivity contribution in [3.63, 3.8) is 0 Å². The van der Waals surface area contributed by atoms with Crippen LogP contribution in [0.15, 0.2) is 32.5 Å². The summed E-state index contributed by atoms with van der Waals surface area (Å²) in [6.07, 6.45) is 8.20. The highest BCUT2D eigenvalue weighted by Crippen LogP contribution is 2.36. The lowest BCUT2D eigenvalue weighted by Crippen LogP contribution is -1.92. The monoisotopic (exact) mass is 303 g/mol. The maximum Gasteiger partial charge on any atom is 0.0348 e. The Morgan fingerprint density at radius 2 is 2.07 bits per heavy atom. The Kier molecular flexibility index (Phi) is 5.82. The number of thioether (sulfide) groups is 2. The van der Waals surface area contributed by atoms with Crippen LogP contribution in [0, 0.1) is 0 Å². The van der Waals surface area contributed by atoms with Crippen molar-refractivity contribution >= 4 is 45.5 Å². The summed E-state index contributed by atoms with van der Waals surface area (Å²) >= 11 is 7.12. The third-order valence-corrected chi connectivity index (χ3v) is 4.53. The van der Waals surface area contributed by atoms with Crippen LogP contribution in [-0.2, 0) is 0 Å². The fourth-order valence-corrected chi connectivity index (χ4v) is 3.90.